The van der Waals surface area contributed by atoms with E-state index >= 15 is 0 Å². The number of methoxy groups -OCH3 is 1. The molecule has 0 N–H and O–H groups in total. The summed E-state index contributed by atoms with van der Waals surface area (Å²) < 4.78 is 5.61. The third-order valence-corrected chi connectivity index (χ3v) is 5.97. The zero-order chi connectivity index (χ0) is 17.2. The van der Waals surface area contributed by atoms with Crippen LogP contribution in [0, 0.1) is 0 Å². The highest BCUT2D eigenvalue weighted by Crippen LogP contribution is 2.36. The number of hydrogen-bond acceptors (Lipinski definition) is 3. The van der Waals surface area contributed by atoms with Crippen molar-refractivity contribution < 1.29 is 4.74 Å². The number of ether oxygens (including phenoxy) is 1. The number of fused-ring (bicyclic) bond motifs is 1. The maximum Gasteiger partial charge on any atom is 0.122 e. The van der Waals surface area contributed by atoms with Crippen LogP contribution in [-0.2, 0) is 6.42 Å². The van der Waals surface area contributed by atoms with Gasteiger partial charge in [0.1, 0.15) is 5.75 Å². The number of nitrogens with zero attached hydrogens (tertiary/aromatic N) is 2. The fourth-order valence-electron chi connectivity index (χ4n) is 4.51. The van der Waals surface area contributed by atoms with E-state index in [0.717, 1.165) is 25.3 Å². The third-order valence-electron chi connectivity index (χ3n) is 5.97. The van der Waals surface area contributed by atoms with E-state index in [9.17, 15) is 0 Å². The molecule has 0 radical (unpaired) electrons. The van der Waals surface area contributed by atoms with Gasteiger partial charge in [-0.05, 0) is 49.5 Å². The lowest BCUT2D eigenvalue weighted by Crippen LogP contribution is -2.39. The van der Waals surface area contributed by atoms with Crippen LogP contribution < -0.4 is 4.74 Å². The van der Waals surface area contributed by atoms with Gasteiger partial charge in [-0.25, -0.2) is 0 Å². The molecular weight excluding hydrogens is 308 g/mol. The van der Waals surface area contributed by atoms with Crippen LogP contribution in [0.5, 0.6) is 5.75 Å². The topological polar surface area (TPSA) is 15.7 Å². The Morgan fingerprint density at radius 3 is 2.68 bits per heavy atom. The van der Waals surface area contributed by atoms with Crippen molar-refractivity contribution in [2.24, 2.45) is 0 Å². The quantitative estimate of drug-likeness (QED) is 0.846. The molecule has 0 aromatic heterocycles. The average Bonchev–Trinajstić information content (AvgIpc) is 3.13. The van der Waals surface area contributed by atoms with E-state index in [2.05, 4.69) is 65.4 Å². The fraction of sp³-hybridized carbons (Fsp3) is 0.455. The van der Waals surface area contributed by atoms with E-state index < -0.39 is 0 Å². The van der Waals surface area contributed by atoms with Crippen molar-refractivity contribution in [1.82, 2.24) is 9.80 Å². The molecule has 0 amide bonds. The smallest absolute Gasteiger partial charge is 0.122 e. The number of benzene rings is 2. The van der Waals surface area contributed by atoms with Crippen LogP contribution >= 0.6 is 0 Å². The minimum absolute atomic E-state index is 0.466. The molecule has 2 aliphatic rings. The molecule has 25 heavy (non-hydrogen) atoms. The van der Waals surface area contributed by atoms with Crippen LogP contribution in [0.3, 0.4) is 0 Å². The fourth-order valence-corrected chi connectivity index (χ4v) is 4.51. The molecule has 0 saturated carbocycles. The summed E-state index contributed by atoms with van der Waals surface area (Å²) in [6, 6.07) is 18.0. The highest BCUT2D eigenvalue weighted by atomic mass is 16.5. The van der Waals surface area contributed by atoms with Gasteiger partial charge in [0.05, 0.1) is 7.11 Å². The van der Waals surface area contributed by atoms with Crippen molar-refractivity contribution >= 4 is 0 Å². The predicted octanol–water partition coefficient (Wildman–Crippen LogP) is 3.71. The van der Waals surface area contributed by atoms with Crippen LogP contribution in [0.25, 0.3) is 0 Å². The lowest BCUT2D eigenvalue weighted by molar-refractivity contribution is 0.169. The molecule has 0 spiro atoms. The molecule has 2 heterocycles. The largest absolute Gasteiger partial charge is 0.496 e. The zero-order valence-corrected chi connectivity index (χ0v) is 15.3. The Morgan fingerprint density at radius 2 is 1.88 bits per heavy atom. The standard InChI is InChI=1S/C22H28N2O/c1-23-13-12-20-19(9-6-10-22(20)25-2)21(23)16-24-14-11-18(15-24)17-7-4-3-5-8-17/h3-10,18,21H,11-16H2,1-2H3. The van der Waals surface area contributed by atoms with Gasteiger partial charge in [0.15, 0.2) is 0 Å². The Hall–Kier alpha value is -1.84. The van der Waals surface area contributed by atoms with E-state index in [0.29, 0.717) is 12.0 Å². The summed E-state index contributed by atoms with van der Waals surface area (Å²) in [6.07, 6.45) is 2.35. The van der Waals surface area contributed by atoms with Crippen molar-refractivity contribution in [1.29, 1.82) is 0 Å². The summed E-state index contributed by atoms with van der Waals surface area (Å²) in [5, 5.41) is 0. The minimum atomic E-state index is 0.466. The Kier molecular flexibility index (Phi) is 4.78. The first-order valence-electron chi connectivity index (χ1n) is 9.39. The van der Waals surface area contributed by atoms with E-state index in [1.54, 1.807) is 7.11 Å². The second kappa shape index (κ2) is 7.19. The van der Waals surface area contributed by atoms with Crippen LogP contribution in [0.2, 0.25) is 0 Å². The molecule has 2 aliphatic heterocycles. The van der Waals surface area contributed by atoms with Crippen LogP contribution in [-0.4, -0.2) is 50.1 Å². The molecule has 3 heteroatoms. The van der Waals surface area contributed by atoms with Gasteiger partial charge in [0.2, 0.25) is 0 Å². The Labute approximate surface area is 151 Å². The second-order valence-electron chi connectivity index (χ2n) is 7.43. The van der Waals surface area contributed by atoms with Gasteiger partial charge >= 0.3 is 0 Å². The molecule has 2 aromatic carbocycles. The monoisotopic (exact) mass is 336 g/mol. The average molecular weight is 336 g/mol. The van der Waals surface area contributed by atoms with Crippen molar-refractivity contribution in [3.63, 3.8) is 0 Å². The highest BCUT2D eigenvalue weighted by molar-refractivity contribution is 5.43. The van der Waals surface area contributed by atoms with Gasteiger partial charge in [-0.15, -0.1) is 0 Å². The van der Waals surface area contributed by atoms with Gasteiger partial charge in [-0.1, -0.05) is 42.5 Å². The van der Waals surface area contributed by atoms with Crippen LogP contribution in [0.1, 0.15) is 35.1 Å². The SMILES string of the molecule is COc1cccc2c1CCN(C)C2CN1CCC(c2ccccc2)C1. The van der Waals surface area contributed by atoms with Gasteiger partial charge in [-0.3, -0.25) is 4.90 Å². The van der Waals surface area contributed by atoms with Gasteiger partial charge in [-0.2, -0.15) is 0 Å². The number of hydrogen-bond donors (Lipinski definition) is 0. The third kappa shape index (κ3) is 3.31. The lowest BCUT2D eigenvalue weighted by Gasteiger charge is -2.37. The molecule has 2 unspecified atom stereocenters. The van der Waals surface area contributed by atoms with E-state index in [1.165, 1.54) is 36.2 Å². The summed E-state index contributed by atoms with van der Waals surface area (Å²) in [7, 11) is 4.05. The molecule has 132 valence electrons. The number of likely N-dealkylation sites (tertiary alicyclic amines) is 1. The first kappa shape index (κ1) is 16.6. The summed E-state index contributed by atoms with van der Waals surface area (Å²) >= 11 is 0. The molecule has 4 rings (SSSR count). The van der Waals surface area contributed by atoms with Crippen LogP contribution in [0.4, 0.5) is 0 Å². The van der Waals surface area contributed by atoms with Gasteiger partial charge in [0.25, 0.3) is 0 Å². The van der Waals surface area contributed by atoms with Crippen molar-refractivity contribution in [3.8, 4) is 5.75 Å². The summed E-state index contributed by atoms with van der Waals surface area (Å²) in [6.45, 7) is 4.59. The van der Waals surface area contributed by atoms with Gasteiger partial charge in [0, 0.05) is 31.2 Å². The normalized spacial score (nSPS) is 24.2. The predicted molar refractivity (Wildman–Crippen MR) is 102 cm³/mol. The van der Waals surface area contributed by atoms with Crippen molar-refractivity contribution in [3.05, 3.63) is 65.2 Å². The summed E-state index contributed by atoms with van der Waals surface area (Å²) in [4.78, 5) is 5.16. The lowest BCUT2D eigenvalue weighted by atomic mass is 9.91. The maximum atomic E-state index is 5.61. The van der Waals surface area contributed by atoms with Crippen molar-refractivity contribution in [2.45, 2.75) is 24.8 Å². The first-order valence-corrected chi connectivity index (χ1v) is 9.39. The molecule has 3 nitrogen and oxygen atoms in total. The molecular formula is C22H28N2O. The molecule has 1 fully saturated rings. The maximum absolute atomic E-state index is 5.61. The van der Waals surface area contributed by atoms with Crippen molar-refractivity contribution in [2.75, 3.05) is 40.3 Å². The van der Waals surface area contributed by atoms with Crippen LogP contribution in [0.15, 0.2) is 48.5 Å². The molecule has 1 saturated heterocycles. The molecule has 2 aromatic rings. The number of rotatable bonds is 4. The summed E-state index contributed by atoms with van der Waals surface area (Å²) in [5.41, 5.74) is 4.35. The Morgan fingerprint density at radius 1 is 1.04 bits per heavy atom. The van der Waals surface area contributed by atoms with E-state index in [1.807, 2.05) is 0 Å². The summed E-state index contributed by atoms with van der Waals surface area (Å²) in [5.74, 6) is 1.74. The zero-order valence-electron chi connectivity index (χ0n) is 15.3. The Balaban J connectivity index is 1.50. The van der Waals surface area contributed by atoms with Gasteiger partial charge < -0.3 is 9.64 Å². The first-order chi connectivity index (χ1) is 12.3. The van der Waals surface area contributed by atoms with E-state index in [4.69, 9.17) is 4.74 Å². The number of likely N-dealkylation sites (N-methyl/N-ethyl adjacent to an activating group) is 1. The minimum Gasteiger partial charge on any atom is -0.496 e. The van der Waals surface area contributed by atoms with E-state index in [-0.39, 0.29) is 0 Å². The molecule has 0 aliphatic carbocycles. The second-order valence-corrected chi connectivity index (χ2v) is 7.43. The highest BCUT2D eigenvalue weighted by Gasteiger charge is 2.31. The Bertz CT molecular complexity index is 715. The molecule has 0 bridgehead atoms. The molecule has 2 atom stereocenters.